The van der Waals surface area contributed by atoms with Gasteiger partial charge in [0.1, 0.15) is 5.56 Å². The molecule has 0 amide bonds. The van der Waals surface area contributed by atoms with Crippen molar-refractivity contribution in [1.82, 2.24) is 9.30 Å². The average Bonchev–Trinajstić information content (AvgIpc) is 3.49. The van der Waals surface area contributed by atoms with Crippen molar-refractivity contribution in [3.05, 3.63) is 74.7 Å². The Labute approximate surface area is 175 Å². The highest BCUT2D eigenvalue weighted by atomic mass is 16.5. The lowest BCUT2D eigenvalue weighted by Crippen LogP contribution is -2.25. The first-order valence-electron chi connectivity index (χ1n) is 10.6. The second kappa shape index (κ2) is 7.10. The average molecular weight is 402 g/mol. The highest BCUT2D eigenvalue weighted by Crippen LogP contribution is 2.43. The summed E-state index contributed by atoms with van der Waals surface area (Å²) in [4.78, 5) is 27.8. The van der Waals surface area contributed by atoms with E-state index in [2.05, 4.69) is 37.1 Å². The number of rotatable bonds is 4. The molecule has 5 nitrogen and oxygen atoms in total. The van der Waals surface area contributed by atoms with Crippen molar-refractivity contribution in [2.75, 3.05) is 13.7 Å². The van der Waals surface area contributed by atoms with E-state index in [1.165, 1.54) is 16.7 Å². The van der Waals surface area contributed by atoms with E-state index in [0.29, 0.717) is 5.92 Å². The number of carbonyl (C=O) groups excluding carboxylic acids is 1. The van der Waals surface area contributed by atoms with Gasteiger partial charge in [-0.05, 0) is 91.2 Å². The van der Waals surface area contributed by atoms with Crippen LogP contribution in [0.25, 0.3) is 16.6 Å². The minimum Gasteiger partial charge on any atom is -0.462 e. The lowest BCUT2D eigenvalue weighted by atomic mass is 9.95. The third kappa shape index (κ3) is 3.05. The van der Waals surface area contributed by atoms with Crippen LogP contribution in [0.15, 0.2) is 41.3 Å². The first-order chi connectivity index (χ1) is 14.5. The minimum atomic E-state index is -0.539. The van der Waals surface area contributed by atoms with E-state index in [1.807, 2.05) is 12.3 Å². The van der Waals surface area contributed by atoms with Crippen LogP contribution in [0.3, 0.4) is 0 Å². The summed E-state index contributed by atoms with van der Waals surface area (Å²) in [5.74, 6) is -0.139. The van der Waals surface area contributed by atoms with E-state index in [1.54, 1.807) is 17.4 Å². The highest BCUT2D eigenvalue weighted by molar-refractivity contribution is 5.91. The van der Waals surface area contributed by atoms with Gasteiger partial charge in [-0.2, -0.15) is 0 Å². The number of aromatic nitrogens is 1. The molecule has 0 unspecified atom stereocenters. The van der Waals surface area contributed by atoms with Gasteiger partial charge in [0.05, 0.1) is 12.1 Å². The summed E-state index contributed by atoms with van der Waals surface area (Å²) in [6, 6.07) is 10.4. The normalized spacial score (nSPS) is 16.1. The number of esters is 1. The standard InChI is InChI=1S/C25H26N2O3/c1-4-30-25(29)22-12-21(16-5-6-16)23-15(2)20(9-10-27(23)24(22)28)17-7-8-18-13-26(3)14-19(18)11-17/h7-12,16H,4-6,13-14H2,1-3H3. The fourth-order valence-electron chi connectivity index (χ4n) is 4.70. The molecule has 3 aromatic rings. The van der Waals surface area contributed by atoms with Gasteiger partial charge in [-0.25, -0.2) is 4.79 Å². The van der Waals surface area contributed by atoms with Crippen molar-refractivity contribution in [3.63, 3.8) is 0 Å². The molecule has 0 N–H and O–H groups in total. The van der Waals surface area contributed by atoms with Crippen LogP contribution < -0.4 is 5.56 Å². The van der Waals surface area contributed by atoms with Gasteiger partial charge >= 0.3 is 5.97 Å². The summed E-state index contributed by atoms with van der Waals surface area (Å²) in [6.07, 6.45) is 3.99. The third-order valence-electron chi connectivity index (χ3n) is 6.32. The summed E-state index contributed by atoms with van der Waals surface area (Å²) in [5, 5.41) is 0. The predicted molar refractivity (Wildman–Crippen MR) is 117 cm³/mol. The molecule has 1 aliphatic carbocycles. The number of hydrogen-bond donors (Lipinski definition) is 0. The predicted octanol–water partition coefficient (Wildman–Crippen LogP) is 4.27. The van der Waals surface area contributed by atoms with Crippen LogP contribution >= 0.6 is 0 Å². The molecule has 1 fully saturated rings. The van der Waals surface area contributed by atoms with E-state index in [9.17, 15) is 9.59 Å². The molecule has 1 aromatic carbocycles. The van der Waals surface area contributed by atoms with Crippen molar-refractivity contribution in [1.29, 1.82) is 0 Å². The number of benzene rings is 1. The van der Waals surface area contributed by atoms with Crippen LogP contribution in [0.2, 0.25) is 0 Å². The summed E-state index contributed by atoms with van der Waals surface area (Å²) in [5.41, 5.74) is 7.98. The minimum absolute atomic E-state index is 0.129. The second-order valence-electron chi connectivity index (χ2n) is 8.54. The van der Waals surface area contributed by atoms with Crippen molar-refractivity contribution in [2.45, 2.75) is 45.7 Å². The zero-order chi connectivity index (χ0) is 21.0. The molecule has 1 saturated carbocycles. The molecule has 0 radical (unpaired) electrons. The Kier molecular flexibility index (Phi) is 4.51. The molecular formula is C25H26N2O3. The molecular weight excluding hydrogens is 376 g/mol. The fraction of sp³-hybridized carbons (Fsp3) is 0.360. The van der Waals surface area contributed by atoms with Gasteiger partial charge in [0.15, 0.2) is 0 Å². The Morgan fingerprint density at radius 3 is 2.63 bits per heavy atom. The maximum Gasteiger partial charge on any atom is 0.343 e. The Morgan fingerprint density at radius 2 is 1.90 bits per heavy atom. The van der Waals surface area contributed by atoms with Gasteiger partial charge in [0, 0.05) is 19.3 Å². The van der Waals surface area contributed by atoms with Crippen molar-refractivity contribution in [3.8, 4) is 11.1 Å². The summed E-state index contributed by atoms with van der Waals surface area (Å²) < 4.78 is 6.77. The van der Waals surface area contributed by atoms with Crippen molar-refractivity contribution >= 4 is 11.5 Å². The maximum atomic E-state index is 13.1. The number of pyridine rings is 2. The number of ether oxygens (including phenoxy) is 1. The maximum absolute atomic E-state index is 13.1. The molecule has 2 aliphatic rings. The number of fused-ring (bicyclic) bond motifs is 2. The van der Waals surface area contributed by atoms with Crippen molar-refractivity contribution in [2.24, 2.45) is 0 Å². The molecule has 0 atom stereocenters. The Balaban J connectivity index is 1.70. The summed E-state index contributed by atoms with van der Waals surface area (Å²) >= 11 is 0. The number of carbonyl (C=O) groups is 1. The van der Waals surface area contributed by atoms with Crippen LogP contribution in [0.5, 0.6) is 0 Å². The SMILES string of the molecule is CCOC(=O)c1cc(C2CC2)c2c(C)c(-c3ccc4c(c3)CN(C)C4)ccn2c1=O. The van der Waals surface area contributed by atoms with Gasteiger partial charge in [0.25, 0.3) is 5.56 Å². The van der Waals surface area contributed by atoms with Crippen LogP contribution in [-0.2, 0) is 17.8 Å². The lowest BCUT2D eigenvalue weighted by Gasteiger charge is -2.16. The first kappa shape index (κ1) is 19.1. The van der Waals surface area contributed by atoms with E-state index in [-0.39, 0.29) is 17.7 Å². The third-order valence-corrected chi connectivity index (χ3v) is 6.32. The number of hydrogen-bond acceptors (Lipinski definition) is 4. The Bertz CT molecular complexity index is 1240. The lowest BCUT2D eigenvalue weighted by molar-refractivity contribution is 0.0524. The van der Waals surface area contributed by atoms with Gasteiger partial charge in [-0.15, -0.1) is 0 Å². The largest absolute Gasteiger partial charge is 0.462 e. The van der Waals surface area contributed by atoms with E-state index in [0.717, 1.165) is 48.1 Å². The molecule has 0 spiro atoms. The highest BCUT2D eigenvalue weighted by Gasteiger charge is 2.30. The van der Waals surface area contributed by atoms with Crippen LogP contribution in [0, 0.1) is 6.92 Å². The van der Waals surface area contributed by atoms with Gasteiger partial charge in [-0.3, -0.25) is 14.1 Å². The van der Waals surface area contributed by atoms with E-state index >= 15 is 0 Å². The molecule has 0 saturated heterocycles. The molecule has 30 heavy (non-hydrogen) atoms. The Hall–Kier alpha value is -2.92. The molecule has 5 rings (SSSR count). The molecule has 0 bridgehead atoms. The zero-order valence-corrected chi connectivity index (χ0v) is 17.7. The van der Waals surface area contributed by atoms with Crippen LogP contribution in [0.1, 0.15) is 58.3 Å². The second-order valence-corrected chi connectivity index (χ2v) is 8.54. The molecule has 1 aliphatic heterocycles. The van der Waals surface area contributed by atoms with E-state index < -0.39 is 5.97 Å². The quantitative estimate of drug-likeness (QED) is 0.612. The fourth-order valence-corrected chi connectivity index (χ4v) is 4.70. The first-order valence-corrected chi connectivity index (χ1v) is 10.6. The van der Waals surface area contributed by atoms with Gasteiger partial charge < -0.3 is 4.74 Å². The summed E-state index contributed by atoms with van der Waals surface area (Å²) in [7, 11) is 2.14. The van der Waals surface area contributed by atoms with E-state index in [4.69, 9.17) is 4.74 Å². The topological polar surface area (TPSA) is 51.0 Å². The number of nitrogens with zero attached hydrogens (tertiary/aromatic N) is 2. The zero-order valence-electron chi connectivity index (χ0n) is 17.7. The molecule has 3 heterocycles. The van der Waals surface area contributed by atoms with Crippen LogP contribution in [0.4, 0.5) is 0 Å². The van der Waals surface area contributed by atoms with Gasteiger partial charge in [-0.1, -0.05) is 12.1 Å². The van der Waals surface area contributed by atoms with Gasteiger partial charge in [0.2, 0.25) is 0 Å². The number of aryl methyl sites for hydroxylation is 1. The smallest absolute Gasteiger partial charge is 0.343 e. The van der Waals surface area contributed by atoms with Crippen LogP contribution in [-0.4, -0.2) is 28.9 Å². The van der Waals surface area contributed by atoms with Crippen molar-refractivity contribution < 1.29 is 9.53 Å². The molecule has 2 aromatic heterocycles. The molecule has 154 valence electrons. The monoisotopic (exact) mass is 402 g/mol. The summed E-state index contributed by atoms with van der Waals surface area (Å²) in [6.45, 7) is 6.05. The Morgan fingerprint density at radius 1 is 1.13 bits per heavy atom. The molecule has 5 heteroatoms.